The molecule has 0 radical (unpaired) electrons. The van der Waals surface area contributed by atoms with Crippen LogP contribution >= 0.6 is 11.8 Å². The smallest absolute Gasteiger partial charge is 0.416 e. The average Bonchev–Trinajstić information content (AvgIpc) is 2.38. The molecule has 0 fully saturated rings. The van der Waals surface area contributed by atoms with E-state index >= 15 is 0 Å². The van der Waals surface area contributed by atoms with Crippen LogP contribution in [0, 0.1) is 0 Å². The number of rotatable bonds is 0. The zero-order chi connectivity index (χ0) is 12.6. The Morgan fingerprint density at radius 2 is 2.06 bits per heavy atom. The van der Waals surface area contributed by atoms with Crippen LogP contribution in [0.15, 0.2) is 4.99 Å². The van der Waals surface area contributed by atoms with Crippen molar-refractivity contribution >= 4 is 23.0 Å². The third-order valence-electron chi connectivity index (χ3n) is 1.97. The Morgan fingerprint density at radius 3 is 2.50 bits per heavy atom. The summed E-state index contributed by atoms with van der Waals surface area (Å²) in [6, 6.07) is 0. The lowest BCUT2D eigenvalue weighted by molar-refractivity contribution is 0.0372. The molecule has 4 nitrogen and oxygen atoms in total. The number of amidine groups is 1. The van der Waals surface area contributed by atoms with E-state index in [2.05, 4.69) is 4.99 Å². The summed E-state index contributed by atoms with van der Waals surface area (Å²) in [5, 5.41) is 0.735. The molecule has 0 saturated heterocycles. The van der Waals surface area contributed by atoms with Crippen LogP contribution in [-0.2, 0) is 4.74 Å². The molecular formula is C11H20N2O2S. The lowest BCUT2D eigenvalue weighted by atomic mass is 10.1. The molecule has 1 heterocycles. The Morgan fingerprint density at radius 1 is 1.50 bits per heavy atom. The zero-order valence-electron chi connectivity index (χ0n) is 10.8. The molecule has 0 atom stereocenters. The highest BCUT2D eigenvalue weighted by Gasteiger charge is 2.36. The molecule has 1 aliphatic rings. The van der Waals surface area contributed by atoms with Crippen molar-refractivity contribution in [1.29, 1.82) is 0 Å². The van der Waals surface area contributed by atoms with Gasteiger partial charge in [0.1, 0.15) is 5.60 Å². The number of nitrogens with zero attached hydrogens (tertiary/aromatic N) is 2. The molecule has 0 aromatic heterocycles. The second kappa shape index (κ2) is 4.28. The van der Waals surface area contributed by atoms with E-state index in [1.54, 1.807) is 4.90 Å². The van der Waals surface area contributed by atoms with Gasteiger partial charge in [0.25, 0.3) is 0 Å². The van der Waals surface area contributed by atoms with E-state index in [0.29, 0.717) is 6.54 Å². The SMILES string of the molecule is CSC1=NC(C)(C)CN1C(=O)OC(C)(C)C. The second-order valence-electron chi connectivity index (χ2n) is 5.48. The Hall–Kier alpha value is -0.710. The number of carbonyl (C=O) groups excluding carboxylic acids is 1. The van der Waals surface area contributed by atoms with Gasteiger partial charge < -0.3 is 4.74 Å². The average molecular weight is 244 g/mol. The van der Waals surface area contributed by atoms with Crippen molar-refractivity contribution in [2.24, 2.45) is 4.99 Å². The summed E-state index contributed by atoms with van der Waals surface area (Å²) < 4.78 is 5.34. The van der Waals surface area contributed by atoms with Crippen molar-refractivity contribution < 1.29 is 9.53 Å². The van der Waals surface area contributed by atoms with Crippen LogP contribution in [0.3, 0.4) is 0 Å². The Labute approximate surface area is 101 Å². The van der Waals surface area contributed by atoms with Gasteiger partial charge in [-0.05, 0) is 40.9 Å². The van der Waals surface area contributed by atoms with Crippen LogP contribution < -0.4 is 0 Å². The van der Waals surface area contributed by atoms with E-state index in [1.807, 2.05) is 40.9 Å². The molecule has 0 aliphatic carbocycles. The summed E-state index contributed by atoms with van der Waals surface area (Å²) in [5.74, 6) is 0. The maximum Gasteiger partial charge on any atom is 0.416 e. The molecule has 0 saturated carbocycles. The zero-order valence-corrected chi connectivity index (χ0v) is 11.6. The van der Waals surface area contributed by atoms with Crippen molar-refractivity contribution in [2.75, 3.05) is 12.8 Å². The highest BCUT2D eigenvalue weighted by atomic mass is 32.2. The fourth-order valence-electron chi connectivity index (χ4n) is 1.42. The van der Waals surface area contributed by atoms with Gasteiger partial charge in [0, 0.05) is 0 Å². The molecule has 0 N–H and O–H groups in total. The minimum absolute atomic E-state index is 0.213. The fourth-order valence-corrected chi connectivity index (χ4v) is 2.12. The minimum atomic E-state index is -0.465. The summed E-state index contributed by atoms with van der Waals surface area (Å²) in [5.41, 5.74) is -0.678. The summed E-state index contributed by atoms with van der Waals surface area (Å²) in [7, 11) is 0. The van der Waals surface area contributed by atoms with Gasteiger partial charge in [-0.15, -0.1) is 0 Å². The Balaban J connectivity index is 2.76. The van der Waals surface area contributed by atoms with E-state index in [0.717, 1.165) is 5.17 Å². The molecule has 5 heteroatoms. The summed E-state index contributed by atoms with van der Waals surface area (Å²) in [6.07, 6.45) is 1.60. The van der Waals surface area contributed by atoms with Gasteiger partial charge in [-0.25, -0.2) is 4.79 Å². The molecule has 0 aromatic rings. The number of amides is 1. The van der Waals surface area contributed by atoms with E-state index in [-0.39, 0.29) is 11.6 Å². The molecule has 1 aliphatic heterocycles. The topological polar surface area (TPSA) is 41.9 Å². The van der Waals surface area contributed by atoms with Gasteiger partial charge in [-0.1, -0.05) is 11.8 Å². The number of ether oxygens (including phenoxy) is 1. The van der Waals surface area contributed by atoms with E-state index in [9.17, 15) is 4.79 Å². The van der Waals surface area contributed by atoms with Gasteiger partial charge in [0.05, 0.1) is 12.1 Å². The Bertz CT molecular complexity index is 318. The largest absolute Gasteiger partial charge is 0.443 e. The van der Waals surface area contributed by atoms with Crippen LogP contribution in [0.4, 0.5) is 4.79 Å². The van der Waals surface area contributed by atoms with E-state index in [4.69, 9.17) is 4.74 Å². The van der Waals surface area contributed by atoms with Gasteiger partial charge >= 0.3 is 6.09 Å². The Kier molecular flexibility index (Phi) is 3.57. The van der Waals surface area contributed by atoms with Gasteiger partial charge in [0.2, 0.25) is 0 Å². The predicted octanol–water partition coefficient (Wildman–Crippen LogP) is 2.73. The van der Waals surface area contributed by atoms with Gasteiger partial charge in [0.15, 0.2) is 5.17 Å². The first-order valence-electron chi connectivity index (χ1n) is 5.29. The summed E-state index contributed by atoms with van der Waals surface area (Å²) >= 11 is 1.47. The van der Waals surface area contributed by atoms with Crippen molar-refractivity contribution in [3.05, 3.63) is 0 Å². The molecule has 1 rings (SSSR count). The van der Waals surface area contributed by atoms with Crippen molar-refractivity contribution in [2.45, 2.75) is 45.8 Å². The van der Waals surface area contributed by atoms with Crippen LogP contribution in [0.5, 0.6) is 0 Å². The quantitative estimate of drug-likeness (QED) is 0.658. The molecule has 1 amide bonds. The lowest BCUT2D eigenvalue weighted by Crippen LogP contribution is -2.40. The van der Waals surface area contributed by atoms with Crippen molar-refractivity contribution in [1.82, 2.24) is 4.90 Å². The molecular weight excluding hydrogens is 224 g/mol. The first-order valence-corrected chi connectivity index (χ1v) is 6.51. The number of aliphatic imine (C=N–C) groups is 1. The second-order valence-corrected chi connectivity index (χ2v) is 6.25. The molecule has 0 bridgehead atoms. The lowest BCUT2D eigenvalue weighted by Gasteiger charge is -2.25. The number of hydrogen-bond donors (Lipinski definition) is 0. The van der Waals surface area contributed by atoms with Crippen LogP contribution in [-0.4, -0.2) is 40.1 Å². The molecule has 0 aromatic carbocycles. The highest BCUT2D eigenvalue weighted by molar-refractivity contribution is 8.13. The molecule has 0 spiro atoms. The first kappa shape index (κ1) is 13.4. The predicted molar refractivity (Wildman–Crippen MR) is 68.0 cm³/mol. The standard InChI is InChI=1S/C11H20N2O2S/c1-10(2,3)15-9(14)13-7-11(4,5)12-8(13)16-6/h7H2,1-6H3. The van der Waals surface area contributed by atoms with Crippen LogP contribution in [0.2, 0.25) is 0 Å². The monoisotopic (exact) mass is 244 g/mol. The summed E-state index contributed by atoms with van der Waals surface area (Å²) in [4.78, 5) is 18.0. The maximum absolute atomic E-state index is 11.9. The molecule has 0 unspecified atom stereocenters. The van der Waals surface area contributed by atoms with Gasteiger partial charge in [-0.3, -0.25) is 9.89 Å². The number of thioether (sulfide) groups is 1. The first-order chi connectivity index (χ1) is 7.14. The van der Waals surface area contributed by atoms with E-state index in [1.165, 1.54) is 11.8 Å². The molecule has 92 valence electrons. The number of carbonyl (C=O) groups is 1. The third-order valence-corrected chi connectivity index (χ3v) is 2.65. The summed E-state index contributed by atoms with van der Waals surface area (Å²) in [6.45, 7) is 10.2. The van der Waals surface area contributed by atoms with Gasteiger partial charge in [-0.2, -0.15) is 0 Å². The normalized spacial score (nSPS) is 19.6. The number of hydrogen-bond acceptors (Lipinski definition) is 4. The van der Waals surface area contributed by atoms with Crippen LogP contribution in [0.1, 0.15) is 34.6 Å². The highest BCUT2D eigenvalue weighted by Crippen LogP contribution is 2.26. The molecule has 16 heavy (non-hydrogen) atoms. The van der Waals surface area contributed by atoms with Crippen LogP contribution in [0.25, 0.3) is 0 Å². The van der Waals surface area contributed by atoms with Crippen molar-refractivity contribution in [3.8, 4) is 0 Å². The van der Waals surface area contributed by atoms with E-state index < -0.39 is 5.60 Å². The minimum Gasteiger partial charge on any atom is -0.443 e. The van der Waals surface area contributed by atoms with Crippen molar-refractivity contribution in [3.63, 3.8) is 0 Å². The fraction of sp³-hybridized carbons (Fsp3) is 0.818. The third kappa shape index (κ3) is 3.40. The maximum atomic E-state index is 11.9.